The van der Waals surface area contributed by atoms with E-state index in [-0.39, 0.29) is 19.5 Å². The van der Waals surface area contributed by atoms with Crippen molar-refractivity contribution in [3.8, 4) is 45.3 Å². The number of hydrogen-bond donors (Lipinski definition) is 3. The van der Waals surface area contributed by atoms with Gasteiger partial charge in [0.15, 0.2) is 0 Å². The summed E-state index contributed by atoms with van der Waals surface area (Å²) in [5.41, 5.74) is 4.69. The number of carboxylic acids is 1. The Morgan fingerprint density at radius 1 is 0.959 bits per heavy atom. The largest absolute Gasteiger partial charge is 0.496 e. The number of aliphatic hydroxyl groups is 1. The molecule has 0 aliphatic carbocycles. The van der Waals surface area contributed by atoms with Crippen LogP contribution < -0.4 is 14.8 Å². The number of aliphatic hydroxyl groups excluding tert-OH is 1. The highest BCUT2D eigenvalue weighted by molar-refractivity contribution is 6.39. The van der Waals surface area contributed by atoms with Gasteiger partial charge in [-0.2, -0.15) is 0 Å². The second-order valence-electron chi connectivity index (χ2n) is 12.3. The Labute approximate surface area is 295 Å². The molecule has 1 amide bonds. The van der Waals surface area contributed by atoms with Crippen LogP contribution in [0.25, 0.3) is 33.6 Å². The number of pyridine rings is 2. The number of rotatable bonds is 13. The van der Waals surface area contributed by atoms with Gasteiger partial charge < -0.3 is 34.6 Å². The van der Waals surface area contributed by atoms with Gasteiger partial charge in [-0.3, -0.25) is 9.78 Å². The molecule has 4 rings (SSSR count). The monoisotopic (exact) mass is 710 g/mol. The van der Waals surface area contributed by atoms with Crippen molar-refractivity contribution < 1.29 is 34.0 Å². The quantitative estimate of drug-likeness (QED) is 0.132. The van der Waals surface area contributed by atoms with E-state index in [4.69, 9.17) is 47.5 Å². The van der Waals surface area contributed by atoms with Gasteiger partial charge in [-0.25, -0.2) is 9.78 Å². The molecule has 0 aliphatic rings. The number of benzene rings is 2. The third-order valence-corrected chi connectivity index (χ3v) is 8.16. The first-order chi connectivity index (χ1) is 23.2. The van der Waals surface area contributed by atoms with E-state index in [0.29, 0.717) is 67.4 Å². The highest BCUT2D eigenvalue weighted by atomic mass is 35.5. The summed E-state index contributed by atoms with van der Waals surface area (Å²) in [7, 11) is 4.72. The Hall–Kier alpha value is -4.42. The van der Waals surface area contributed by atoms with Gasteiger partial charge in [0.05, 0.1) is 54.7 Å². The molecule has 0 saturated carbocycles. The molecule has 1 atom stereocenters. The number of nitrogens with one attached hydrogen (secondary N) is 1. The van der Waals surface area contributed by atoms with E-state index in [0.717, 1.165) is 5.56 Å². The Balaban J connectivity index is 1.60. The molecule has 0 radical (unpaired) electrons. The first-order valence-electron chi connectivity index (χ1n) is 15.4. The zero-order valence-corrected chi connectivity index (χ0v) is 29.7. The second kappa shape index (κ2) is 16.3. The second-order valence-corrected chi connectivity index (χ2v) is 13.1. The van der Waals surface area contributed by atoms with Crippen molar-refractivity contribution in [2.75, 3.05) is 27.8 Å². The fourth-order valence-corrected chi connectivity index (χ4v) is 5.70. The van der Waals surface area contributed by atoms with Gasteiger partial charge >= 0.3 is 12.1 Å². The molecular weight excluding hydrogens is 671 g/mol. The number of methoxy groups -OCH3 is 2. The maximum absolute atomic E-state index is 12.5. The first kappa shape index (κ1) is 37.4. The van der Waals surface area contributed by atoms with Crippen molar-refractivity contribution in [3.05, 3.63) is 82.0 Å². The number of carbonyl (C=O) groups excluding carboxylic acids is 1. The summed E-state index contributed by atoms with van der Waals surface area (Å²) in [6.45, 7) is 6.13. The average Bonchev–Trinajstić information content (AvgIpc) is 3.04. The van der Waals surface area contributed by atoms with Gasteiger partial charge in [0, 0.05) is 59.7 Å². The molecule has 2 aromatic heterocycles. The number of hydrogen-bond acceptors (Lipinski definition) is 9. The topological polar surface area (TPSA) is 143 Å². The van der Waals surface area contributed by atoms with Crippen molar-refractivity contribution in [2.24, 2.45) is 0 Å². The molecule has 2 aromatic carbocycles. The van der Waals surface area contributed by atoms with Crippen molar-refractivity contribution in [1.82, 2.24) is 20.2 Å². The van der Waals surface area contributed by atoms with Crippen LogP contribution in [0.5, 0.6) is 11.6 Å². The van der Waals surface area contributed by atoms with E-state index in [1.807, 2.05) is 69.3 Å². The maximum Gasteiger partial charge on any atom is 0.410 e. The van der Waals surface area contributed by atoms with Crippen LogP contribution >= 0.6 is 23.2 Å². The molecule has 1 unspecified atom stereocenters. The van der Waals surface area contributed by atoms with Gasteiger partial charge in [-0.05, 0) is 45.0 Å². The van der Waals surface area contributed by atoms with Crippen LogP contribution in [-0.4, -0.2) is 76.7 Å². The molecule has 0 spiro atoms. The summed E-state index contributed by atoms with van der Waals surface area (Å²) < 4.78 is 16.7. The van der Waals surface area contributed by atoms with E-state index in [1.54, 1.807) is 26.4 Å². The van der Waals surface area contributed by atoms with Crippen molar-refractivity contribution in [3.63, 3.8) is 0 Å². The predicted molar refractivity (Wildman–Crippen MR) is 189 cm³/mol. The van der Waals surface area contributed by atoms with E-state index in [2.05, 4.69) is 10.3 Å². The lowest BCUT2D eigenvalue weighted by Crippen LogP contribution is -2.33. The van der Waals surface area contributed by atoms with Gasteiger partial charge in [0.1, 0.15) is 11.4 Å². The third kappa shape index (κ3) is 9.60. The summed E-state index contributed by atoms with van der Waals surface area (Å²) in [4.78, 5) is 34.1. The van der Waals surface area contributed by atoms with Crippen LogP contribution in [0.1, 0.15) is 38.3 Å². The van der Waals surface area contributed by atoms with Crippen LogP contribution in [0, 0.1) is 0 Å². The zero-order chi connectivity index (χ0) is 35.9. The van der Waals surface area contributed by atoms with Gasteiger partial charge in [-0.1, -0.05) is 53.5 Å². The predicted octanol–water partition coefficient (Wildman–Crippen LogP) is 7.09. The summed E-state index contributed by atoms with van der Waals surface area (Å²) in [5, 5.41) is 22.6. The molecule has 0 aliphatic heterocycles. The number of ether oxygens (including phenoxy) is 3. The lowest BCUT2D eigenvalue weighted by molar-refractivity contribution is -0.139. The molecular formula is C36H40Cl2N4O7. The molecule has 49 heavy (non-hydrogen) atoms. The molecule has 11 nitrogen and oxygen atoms in total. The third-order valence-electron chi connectivity index (χ3n) is 7.37. The normalized spacial score (nSPS) is 11.9. The van der Waals surface area contributed by atoms with E-state index in [9.17, 15) is 14.7 Å². The number of aromatic nitrogens is 2. The van der Waals surface area contributed by atoms with E-state index in [1.165, 1.54) is 12.0 Å². The number of nitrogens with zero attached hydrogens (tertiary/aromatic N) is 3. The SMILES string of the molecule is COc1cc(-c2nccc(-c3cccc(-c4ccc(CN(C)C(=O)OC(C)(C)C)c(OC)n4)c3Cl)c2Cl)ccc1CNCC(O)CC(=O)O. The molecule has 0 fully saturated rings. The van der Waals surface area contributed by atoms with Crippen LogP contribution in [0.4, 0.5) is 4.79 Å². The lowest BCUT2D eigenvalue weighted by atomic mass is 9.99. The zero-order valence-electron chi connectivity index (χ0n) is 28.2. The Morgan fingerprint density at radius 3 is 2.33 bits per heavy atom. The standard InChI is InChI=1S/C36H40Cl2N4O7/c1-36(2,3)49-35(46)42(4)20-23-12-13-28(41-34(23)48-6)27-9-7-8-25(31(27)37)26-14-15-40-33(32(26)38)21-10-11-22(29(16-21)47-5)18-39-19-24(43)17-30(44)45/h7-16,24,39,43H,17-20H2,1-6H3,(H,44,45). The first-order valence-corrected chi connectivity index (χ1v) is 16.2. The van der Waals surface area contributed by atoms with E-state index < -0.39 is 23.8 Å². The smallest absolute Gasteiger partial charge is 0.410 e. The van der Waals surface area contributed by atoms with Crippen LogP contribution in [0.15, 0.2) is 60.8 Å². The summed E-state index contributed by atoms with van der Waals surface area (Å²) in [6, 6.07) is 16.6. The Morgan fingerprint density at radius 2 is 1.65 bits per heavy atom. The minimum Gasteiger partial charge on any atom is -0.496 e. The lowest BCUT2D eigenvalue weighted by Gasteiger charge is -2.25. The Bertz CT molecular complexity index is 1810. The fourth-order valence-electron chi connectivity index (χ4n) is 5.05. The van der Waals surface area contributed by atoms with Crippen molar-refractivity contribution in [2.45, 2.75) is 52.0 Å². The fraction of sp³-hybridized carbons (Fsp3) is 0.333. The number of halogens is 2. The van der Waals surface area contributed by atoms with E-state index >= 15 is 0 Å². The van der Waals surface area contributed by atoms with Gasteiger partial charge in [0.25, 0.3) is 0 Å². The minimum absolute atomic E-state index is 0.115. The maximum atomic E-state index is 12.5. The van der Waals surface area contributed by atoms with Crippen LogP contribution in [-0.2, 0) is 22.6 Å². The molecule has 2 heterocycles. The number of aliphatic carboxylic acids is 1. The Kier molecular flexibility index (Phi) is 12.5. The number of carbonyl (C=O) groups is 2. The van der Waals surface area contributed by atoms with Gasteiger partial charge in [0.2, 0.25) is 5.88 Å². The van der Waals surface area contributed by atoms with Crippen LogP contribution in [0.3, 0.4) is 0 Å². The number of amides is 1. The molecule has 260 valence electrons. The molecule has 3 N–H and O–H groups in total. The summed E-state index contributed by atoms with van der Waals surface area (Å²) >= 11 is 14.0. The highest BCUT2D eigenvalue weighted by Gasteiger charge is 2.22. The molecule has 0 saturated heterocycles. The molecule has 0 bridgehead atoms. The summed E-state index contributed by atoms with van der Waals surface area (Å²) in [5.74, 6) is -0.146. The summed E-state index contributed by atoms with van der Waals surface area (Å²) in [6.07, 6.45) is -0.153. The number of carboxylic acid groups (broad SMARTS) is 1. The minimum atomic E-state index is -1.07. The van der Waals surface area contributed by atoms with Crippen molar-refractivity contribution in [1.29, 1.82) is 0 Å². The highest BCUT2D eigenvalue weighted by Crippen LogP contribution is 2.42. The van der Waals surface area contributed by atoms with Gasteiger partial charge in [-0.15, -0.1) is 0 Å². The molecule has 13 heteroatoms. The van der Waals surface area contributed by atoms with Crippen LogP contribution in [0.2, 0.25) is 10.0 Å². The average molecular weight is 712 g/mol. The van der Waals surface area contributed by atoms with Crippen molar-refractivity contribution >= 4 is 35.3 Å². The molecule has 4 aromatic rings.